The van der Waals surface area contributed by atoms with Crippen molar-refractivity contribution >= 4 is 23.4 Å². The Balaban J connectivity index is 1.74. The van der Waals surface area contributed by atoms with E-state index in [0.29, 0.717) is 5.16 Å². The fraction of sp³-hybridized carbons (Fsp3) is 0.300. The van der Waals surface area contributed by atoms with Gasteiger partial charge in [-0.15, -0.1) is 5.10 Å². The maximum Gasteiger partial charge on any atom is 0.237 e. The number of carbonyl (C=O) groups is 1. The van der Waals surface area contributed by atoms with Gasteiger partial charge in [-0.1, -0.05) is 29.5 Å². The number of carbonyl (C=O) groups excluding carboxylic acids is 1. The molecule has 0 saturated carbocycles. The average Bonchev–Trinajstić information content (AvgIpc) is 3.12. The van der Waals surface area contributed by atoms with Crippen molar-refractivity contribution < 1.29 is 9.53 Å². The van der Waals surface area contributed by atoms with Gasteiger partial charge in [0.1, 0.15) is 5.75 Å². The second kappa shape index (κ2) is 8.43. The molecule has 1 aromatic heterocycles. The monoisotopic (exact) mass is 397 g/mol. The van der Waals surface area contributed by atoms with E-state index in [0.717, 1.165) is 28.3 Å². The Hall–Kier alpha value is -2.87. The van der Waals surface area contributed by atoms with Gasteiger partial charge in [-0.25, -0.2) is 0 Å². The normalized spacial score (nSPS) is 11.9. The van der Waals surface area contributed by atoms with Crippen LogP contribution in [0.1, 0.15) is 23.6 Å². The van der Waals surface area contributed by atoms with E-state index < -0.39 is 0 Å². The van der Waals surface area contributed by atoms with Gasteiger partial charge in [-0.05, 0) is 73.5 Å². The average molecular weight is 398 g/mol. The standard InChI is InChI=1S/C20H23N5O2S/c1-12-10-13(2)18(14(3)11-12)21-19(26)15(4)28-20-22-23-24-25(20)16-6-8-17(27-5)9-7-16/h6-11,15H,1-5H3,(H,21,26)/t15-/m0/s1. The first-order chi connectivity index (χ1) is 13.4. The lowest BCUT2D eigenvalue weighted by atomic mass is 10.1. The van der Waals surface area contributed by atoms with Crippen molar-refractivity contribution in [2.45, 2.75) is 38.1 Å². The molecule has 0 aliphatic rings. The van der Waals surface area contributed by atoms with Gasteiger partial charge in [0, 0.05) is 5.69 Å². The summed E-state index contributed by atoms with van der Waals surface area (Å²) in [6, 6.07) is 11.5. The van der Waals surface area contributed by atoms with Crippen LogP contribution in [0.4, 0.5) is 5.69 Å². The van der Waals surface area contributed by atoms with E-state index in [9.17, 15) is 4.79 Å². The maximum absolute atomic E-state index is 12.7. The number of tetrazole rings is 1. The predicted octanol–water partition coefficient (Wildman–Crippen LogP) is 3.72. The number of nitrogens with zero attached hydrogens (tertiary/aromatic N) is 4. The van der Waals surface area contributed by atoms with E-state index in [2.05, 4.69) is 33.0 Å². The molecule has 28 heavy (non-hydrogen) atoms. The zero-order chi connectivity index (χ0) is 20.3. The highest BCUT2D eigenvalue weighted by Gasteiger charge is 2.20. The van der Waals surface area contributed by atoms with Gasteiger partial charge in [0.25, 0.3) is 0 Å². The Labute approximate surface area is 168 Å². The summed E-state index contributed by atoms with van der Waals surface area (Å²) >= 11 is 1.31. The molecule has 0 radical (unpaired) electrons. The minimum Gasteiger partial charge on any atom is -0.497 e. The van der Waals surface area contributed by atoms with E-state index >= 15 is 0 Å². The van der Waals surface area contributed by atoms with Crippen molar-refractivity contribution in [1.29, 1.82) is 0 Å². The van der Waals surface area contributed by atoms with Crippen molar-refractivity contribution in [3.63, 3.8) is 0 Å². The quantitative estimate of drug-likeness (QED) is 0.639. The van der Waals surface area contributed by atoms with E-state index in [-0.39, 0.29) is 11.2 Å². The molecule has 8 heteroatoms. The second-order valence-corrected chi connectivity index (χ2v) is 7.90. The topological polar surface area (TPSA) is 81.9 Å². The zero-order valence-electron chi connectivity index (χ0n) is 16.6. The molecule has 1 heterocycles. The minimum atomic E-state index is -0.372. The highest BCUT2D eigenvalue weighted by Crippen LogP contribution is 2.27. The van der Waals surface area contributed by atoms with E-state index in [4.69, 9.17) is 4.74 Å². The lowest BCUT2D eigenvalue weighted by molar-refractivity contribution is -0.115. The smallest absolute Gasteiger partial charge is 0.237 e. The summed E-state index contributed by atoms with van der Waals surface area (Å²) in [7, 11) is 1.62. The molecule has 1 amide bonds. The lowest BCUT2D eigenvalue weighted by Gasteiger charge is -2.16. The van der Waals surface area contributed by atoms with E-state index in [1.807, 2.05) is 52.0 Å². The van der Waals surface area contributed by atoms with Gasteiger partial charge in [0.2, 0.25) is 11.1 Å². The Morgan fingerprint density at radius 1 is 1.14 bits per heavy atom. The van der Waals surface area contributed by atoms with Crippen LogP contribution in [0.2, 0.25) is 0 Å². The lowest BCUT2D eigenvalue weighted by Crippen LogP contribution is -2.24. The number of methoxy groups -OCH3 is 1. The Morgan fingerprint density at radius 2 is 1.79 bits per heavy atom. The molecule has 3 rings (SSSR count). The largest absolute Gasteiger partial charge is 0.497 e. The summed E-state index contributed by atoms with van der Waals surface area (Å²) in [6.45, 7) is 7.88. The van der Waals surface area contributed by atoms with Gasteiger partial charge in [0.15, 0.2) is 0 Å². The van der Waals surface area contributed by atoms with Crippen LogP contribution in [0, 0.1) is 20.8 Å². The molecule has 0 fully saturated rings. The molecule has 146 valence electrons. The van der Waals surface area contributed by atoms with Crippen molar-refractivity contribution in [3.8, 4) is 11.4 Å². The third-order valence-electron chi connectivity index (χ3n) is 4.33. The summed E-state index contributed by atoms with van der Waals surface area (Å²) in [5.41, 5.74) is 4.93. The van der Waals surface area contributed by atoms with E-state index in [1.54, 1.807) is 11.8 Å². The molecule has 2 aromatic carbocycles. The fourth-order valence-corrected chi connectivity index (χ4v) is 3.76. The van der Waals surface area contributed by atoms with Crippen molar-refractivity contribution in [2.24, 2.45) is 0 Å². The number of hydrogen-bond donors (Lipinski definition) is 1. The number of thioether (sulfide) groups is 1. The van der Waals surface area contributed by atoms with Crippen molar-refractivity contribution in [3.05, 3.63) is 53.1 Å². The zero-order valence-corrected chi connectivity index (χ0v) is 17.4. The summed E-state index contributed by atoms with van der Waals surface area (Å²) in [5.74, 6) is 0.659. The first-order valence-electron chi connectivity index (χ1n) is 8.87. The number of amides is 1. The van der Waals surface area contributed by atoms with Crippen molar-refractivity contribution in [2.75, 3.05) is 12.4 Å². The van der Waals surface area contributed by atoms with Crippen molar-refractivity contribution in [1.82, 2.24) is 20.2 Å². The van der Waals surface area contributed by atoms with Crippen LogP contribution in [-0.2, 0) is 4.79 Å². The molecule has 0 aliphatic heterocycles. The molecule has 0 unspecified atom stereocenters. The summed E-state index contributed by atoms with van der Waals surface area (Å²) in [5, 5.41) is 15.1. The minimum absolute atomic E-state index is 0.0932. The fourth-order valence-electron chi connectivity index (χ4n) is 2.95. The first-order valence-corrected chi connectivity index (χ1v) is 9.75. The Bertz CT molecular complexity index is 962. The van der Waals surface area contributed by atoms with Crippen LogP contribution in [0.15, 0.2) is 41.6 Å². The molecule has 1 atom stereocenters. The number of hydrogen-bond acceptors (Lipinski definition) is 6. The van der Waals surface area contributed by atoms with Gasteiger partial charge in [0.05, 0.1) is 18.0 Å². The SMILES string of the molecule is COc1ccc(-n2nnnc2S[C@@H](C)C(=O)Nc2c(C)cc(C)cc2C)cc1. The summed E-state index contributed by atoms with van der Waals surface area (Å²) < 4.78 is 6.78. The third kappa shape index (κ3) is 4.33. The Morgan fingerprint density at radius 3 is 2.39 bits per heavy atom. The summed E-state index contributed by atoms with van der Waals surface area (Å²) in [6.07, 6.45) is 0. The number of aromatic nitrogens is 4. The van der Waals surface area contributed by atoms with Crippen LogP contribution < -0.4 is 10.1 Å². The molecule has 7 nitrogen and oxygen atoms in total. The van der Waals surface area contributed by atoms with Gasteiger partial charge >= 0.3 is 0 Å². The molecule has 3 aromatic rings. The number of anilines is 1. The van der Waals surface area contributed by atoms with Gasteiger partial charge in [-0.3, -0.25) is 4.79 Å². The Kier molecular flexibility index (Phi) is 5.99. The van der Waals surface area contributed by atoms with E-state index in [1.165, 1.54) is 17.3 Å². The van der Waals surface area contributed by atoms with Crippen LogP contribution >= 0.6 is 11.8 Å². The molecular formula is C20H23N5O2S. The second-order valence-electron chi connectivity index (χ2n) is 6.59. The third-order valence-corrected chi connectivity index (χ3v) is 5.37. The molecule has 0 saturated heterocycles. The highest BCUT2D eigenvalue weighted by atomic mass is 32.2. The van der Waals surface area contributed by atoms with Crippen LogP contribution in [0.25, 0.3) is 5.69 Å². The number of aryl methyl sites for hydroxylation is 3. The highest BCUT2D eigenvalue weighted by molar-refractivity contribution is 8.00. The molecule has 0 bridgehead atoms. The maximum atomic E-state index is 12.7. The van der Waals surface area contributed by atoms with Gasteiger partial charge in [-0.2, -0.15) is 4.68 Å². The number of rotatable bonds is 6. The number of nitrogens with one attached hydrogen (secondary N) is 1. The number of ether oxygens (including phenoxy) is 1. The van der Waals surface area contributed by atoms with Crippen LogP contribution in [0.3, 0.4) is 0 Å². The predicted molar refractivity (Wildman–Crippen MR) is 110 cm³/mol. The molecule has 1 N–H and O–H groups in total. The molecule has 0 spiro atoms. The number of benzene rings is 2. The van der Waals surface area contributed by atoms with Gasteiger partial charge < -0.3 is 10.1 Å². The van der Waals surface area contributed by atoms with Crippen LogP contribution in [0.5, 0.6) is 5.75 Å². The van der Waals surface area contributed by atoms with Crippen LogP contribution in [-0.4, -0.2) is 38.5 Å². The molecule has 0 aliphatic carbocycles. The molecular weight excluding hydrogens is 374 g/mol. The first kappa shape index (κ1) is 19.9. The summed E-state index contributed by atoms with van der Waals surface area (Å²) in [4.78, 5) is 12.7.